The summed E-state index contributed by atoms with van der Waals surface area (Å²) in [5, 5.41) is 11.5. The molecule has 2 N–H and O–H groups in total. The molecule has 0 spiro atoms. The van der Waals surface area contributed by atoms with Gasteiger partial charge in [-0.2, -0.15) is 11.8 Å². The van der Waals surface area contributed by atoms with Crippen LogP contribution in [-0.2, 0) is 9.59 Å². The summed E-state index contributed by atoms with van der Waals surface area (Å²) in [7, 11) is 0. The number of carboxylic acids is 1. The van der Waals surface area contributed by atoms with Gasteiger partial charge in [-0.1, -0.05) is 12.1 Å². The number of hydrogen-bond donors (Lipinski definition) is 2. The molecule has 0 saturated heterocycles. The van der Waals surface area contributed by atoms with E-state index in [1.807, 2.05) is 0 Å². The molecule has 0 saturated carbocycles. The fraction of sp³-hybridized carbons (Fsp3) is 0.385. The van der Waals surface area contributed by atoms with Crippen molar-refractivity contribution >= 4 is 23.6 Å². The van der Waals surface area contributed by atoms with Gasteiger partial charge in [0.1, 0.15) is 5.82 Å². The molecule has 6 heteroatoms. The van der Waals surface area contributed by atoms with Crippen molar-refractivity contribution in [1.82, 2.24) is 5.32 Å². The van der Waals surface area contributed by atoms with Crippen LogP contribution in [0.5, 0.6) is 0 Å². The SMILES string of the molecule is CSC(C)C(=O)NCC(C(=O)O)c1ccc(F)cc1. The highest BCUT2D eigenvalue weighted by Gasteiger charge is 2.21. The molecule has 0 fully saturated rings. The Morgan fingerprint density at radius 1 is 1.37 bits per heavy atom. The Hall–Kier alpha value is -1.56. The second-order valence-corrected chi connectivity index (χ2v) is 5.24. The van der Waals surface area contributed by atoms with Crippen LogP contribution >= 0.6 is 11.8 Å². The Bertz CT molecular complexity index is 450. The van der Waals surface area contributed by atoms with Gasteiger partial charge in [-0.05, 0) is 30.9 Å². The highest BCUT2D eigenvalue weighted by atomic mass is 32.2. The molecule has 1 amide bonds. The molecule has 0 aliphatic heterocycles. The molecule has 0 bridgehead atoms. The zero-order valence-corrected chi connectivity index (χ0v) is 11.5. The van der Waals surface area contributed by atoms with Crippen molar-refractivity contribution in [3.63, 3.8) is 0 Å². The number of carboxylic acid groups (broad SMARTS) is 1. The Morgan fingerprint density at radius 3 is 2.42 bits per heavy atom. The number of amides is 1. The monoisotopic (exact) mass is 285 g/mol. The lowest BCUT2D eigenvalue weighted by Crippen LogP contribution is -2.36. The van der Waals surface area contributed by atoms with Gasteiger partial charge in [0.05, 0.1) is 11.2 Å². The first-order valence-electron chi connectivity index (χ1n) is 5.74. The van der Waals surface area contributed by atoms with Gasteiger partial charge in [-0.25, -0.2) is 4.39 Å². The van der Waals surface area contributed by atoms with E-state index in [0.717, 1.165) is 0 Å². The quantitative estimate of drug-likeness (QED) is 0.837. The summed E-state index contributed by atoms with van der Waals surface area (Å²) in [5.74, 6) is -2.56. The second kappa shape index (κ2) is 7.13. The smallest absolute Gasteiger partial charge is 0.312 e. The number of carbonyl (C=O) groups excluding carboxylic acids is 1. The molecule has 1 aromatic carbocycles. The van der Waals surface area contributed by atoms with Gasteiger partial charge in [0, 0.05) is 6.54 Å². The van der Waals surface area contributed by atoms with Crippen LogP contribution in [0.15, 0.2) is 24.3 Å². The van der Waals surface area contributed by atoms with Crippen LogP contribution in [0.4, 0.5) is 4.39 Å². The predicted molar refractivity (Wildman–Crippen MR) is 72.8 cm³/mol. The molecular weight excluding hydrogens is 269 g/mol. The van der Waals surface area contributed by atoms with Crippen molar-refractivity contribution in [3.8, 4) is 0 Å². The molecule has 2 atom stereocenters. The van der Waals surface area contributed by atoms with Crippen LogP contribution < -0.4 is 5.32 Å². The Balaban J connectivity index is 2.72. The summed E-state index contributed by atoms with van der Waals surface area (Å²) < 4.78 is 12.8. The molecule has 1 rings (SSSR count). The fourth-order valence-electron chi connectivity index (χ4n) is 1.50. The highest BCUT2D eigenvalue weighted by molar-refractivity contribution is 7.99. The van der Waals surface area contributed by atoms with E-state index in [2.05, 4.69) is 5.32 Å². The van der Waals surface area contributed by atoms with Gasteiger partial charge in [-0.3, -0.25) is 9.59 Å². The summed E-state index contributed by atoms with van der Waals surface area (Å²) >= 11 is 1.38. The van der Waals surface area contributed by atoms with Gasteiger partial charge in [0.25, 0.3) is 0 Å². The van der Waals surface area contributed by atoms with Crippen LogP contribution in [0, 0.1) is 5.82 Å². The third kappa shape index (κ3) is 4.55. The first-order chi connectivity index (χ1) is 8.95. The number of nitrogens with one attached hydrogen (secondary N) is 1. The predicted octanol–water partition coefficient (Wildman–Crippen LogP) is 1.86. The molecular formula is C13H16FNO3S. The Kier molecular flexibility index (Phi) is 5.82. The number of carbonyl (C=O) groups is 2. The van der Waals surface area contributed by atoms with Crippen LogP contribution in [0.1, 0.15) is 18.4 Å². The molecule has 4 nitrogen and oxygen atoms in total. The van der Waals surface area contributed by atoms with Crippen molar-refractivity contribution < 1.29 is 19.1 Å². The fourth-order valence-corrected chi connectivity index (χ4v) is 1.79. The van der Waals surface area contributed by atoms with Crippen molar-refractivity contribution in [2.45, 2.75) is 18.1 Å². The van der Waals surface area contributed by atoms with Gasteiger partial charge >= 0.3 is 5.97 Å². The minimum absolute atomic E-state index is 0.00923. The van der Waals surface area contributed by atoms with E-state index in [0.29, 0.717) is 5.56 Å². The summed E-state index contributed by atoms with van der Waals surface area (Å²) in [5.41, 5.74) is 0.464. The van der Waals surface area contributed by atoms with Gasteiger partial charge in [0.15, 0.2) is 0 Å². The molecule has 0 aliphatic rings. The maximum absolute atomic E-state index is 12.8. The van der Waals surface area contributed by atoms with E-state index in [4.69, 9.17) is 5.11 Å². The lowest BCUT2D eigenvalue weighted by atomic mass is 9.99. The van der Waals surface area contributed by atoms with Gasteiger partial charge in [0.2, 0.25) is 5.91 Å². The van der Waals surface area contributed by atoms with E-state index in [1.54, 1.807) is 13.2 Å². The molecule has 0 heterocycles. The summed E-state index contributed by atoms with van der Waals surface area (Å²) in [6, 6.07) is 5.24. The van der Waals surface area contributed by atoms with Crippen molar-refractivity contribution in [1.29, 1.82) is 0 Å². The van der Waals surface area contributed by atoms with E-state index >= 15 is 0 Å². The van der Waals surface area contributed by atoms with Crippen molar-refractivity contribution in [2.75, 3.05) is 12.8 Å². The zero-order valence-electron chi connectivity index (χ0n) is 10.7. The summed E-state index contributed by atoms with van der Waals surface area (Å²) in [4.78, 5) is 22.8. The molecule has 19 heavy (non-hydrogen) atoms. The maximum Gasteiger partial charge on any atom is 0.312 e. The van der Waals surface area contributed by atoms with E-state index < -0.39 is 17.7 Å². The maximum atomic E-state index is 12.8. The minimum Gasteiger partial charge on any atom is -0.481 e. The third-order valence-corrected chi connectivity index (χ3v) is 3.69. The largest absolute Gasteiger partial charge is 0.481 e. The summed E-state index contributed by atoms with van der Waals surface area (Å²) in [6.45, 7) is 1.73. The van der Waals surface area contributed by atoms with Crippen molar-refractivity contribution in [3.05, 3.63) is 35.6 Å². The minimum atomic E-state index is -1.05. The standard InChI is InChI=1S/C13H16FNO3S/c1-8(19-2)12(16)15-7-11(13(17)18)9-3-5-10(14)6-4-9/h3-6,8,11H,7H2,1-2H3,(H,15,16)(H,17,18). The van der Waals surface area contributed by atoms with Gasteiger partial charge in [-0.15, -0.1) is 0 Å². The molecule has 2 unspecified atom stereocenters. The average molecular weight is 285 g/mol. The topological polar surface area (TPSA) is 66.4 Å². The van der Waals surface area contributed by atoms with Crippen LogP contribution in [-0.4, -0.2) is 35.0 Å². The molecule has 104 valence electrons. The Labute approximate surface area is 115 Å². The van der Waals surface area contributed by atoms with Crippen LogP contribution in [0.25, 0.3) is 0 Å². The second-order valence-electron chi connectivity index (χ2n) is 4.07. The molecule has 0 radical (unpaired) electrons. The molecule has 1 aromatic rings. The molecule has 0 aromatic heterocycles. The van der Waals surface area contributed by atoms with E-state index in [9.17, 15) is 14.0 Å². The Morgan fingerprint density at radius 2 is 1.95 bits per heavy atom. The number of hydrogen-bond acceptors (Lipinski definition) is 3. The number of aliphatic carboxylic acids is 1. The van der Waals surface area contributed by atoms with Gasteiger partial charge < -0.3 is 10.4 Å². The first-order valence-corrected chi connectivity index (χ1v) is 7.03. The van der Waals surface area contributed by atoms with Crippen LogP contribution in [0.3, 0.4) is 0 Å². The normalized spacial score (nSPS) is 13.6. The average Bonchev–Trinajstić information content (AvgIpc) is 2.39. The summed E-state index contributed by atoms with van der Waals surface area (Å²) in [6.07, 6.45) is 1.80. The number of rotatable bonds is 6. The lowest BCUT2D eigenvalue weighted by Gasteiger charge is -2.15. The molecule has 0 aliphatic carbocycles. The number of benzene rings is 1. The first kappa shape index (κ1) is 15.5. The number of thioether (sulfide) groups is 1. The van der Waals surface area contributed by atoms with E-state index in [1.165, 1.54) is 36.0 Å². The van der Waals surface area contributed by atoms with Crippen molar-refractivity contribution in [2.24, 2.45) is 0 Å². The lowest BCUT2D eigenvalue weighted by molar-refractivity contribution is -0.138. The highest BCUT2D eigenvalue weighted by Crippen LogP contribution is 2.16. The van der Waals surface area contributed by atoms with E-state index in [-0.39, 0.29) is 17.7 Å². The number of halogens is 1. The zero-order chi connectivity index (χ0) is 14.4. The van der Waals surface area contributed by atoms with Crippen LogP contribution in [0.2, 0.25) is 0 Å². The third-order valence-electron chi connectivity index (χ3n) is 2.77.